The van der Waals surface area contributed by atoms with E-state index in [1.165, 1.54) is 161 Å². The molecule has 2 atom stereocenters. The zero-order chi connectivity index (χ0) is 56.2. The number of rotatable bonds is 59. The molecule has 0 aromatic rings. The summed E-state index contributed by atoms with van der Waals surface area (Å²) in [6.45, 7) is 4.70. The minimum atomic E-state index is -1.51. The van der Waals surface area contributed by atoms with Crippen molar-refractivity contribution in [3.05, 3.63) is 72.9 Å². The fourth-order valence-electron chi connectivity index (χ4n) is 9.05. The Kier molecular flexibility index (Phi) is 56.4. The van der Waals surface area contributed by atoms with Gasteiger partial charge in [-0.3, -0.25) is 9.59 Å². The smallest absolute Gasteiger partial charge is 0.361 e. The van der Waals surface area contributed by atoms with Gasteiger partial charge >= 0.3 is 17.9 Å². The standard InChI is InChI=1S/C68H121NO8/c1-6-8-10-12-14-16-18-20-21-22-23-24-25-26-27-28-29-30-31-32-33-34-35-36-37-38-39-40-41-42-43-44-45-47-49-51-53-55-57-59-66(71)77-64(63-76-68(67(72)73)74-61-60-69(3,4)5)62-75-65(70)58-56-54-52-50-48-46-19-17-15-13-11-9-7-2/h8,10-11,13-14,16-17,19-21,23-24,64,68H,6-7,9,12,15,18,22,25-63H2,1-5H3/p+1/b10-8-,13-11-,16-14-,19-17-,21-20-,24-23-. The fourth-order valence-corrected chi connectivity index (χ4v) is 9.05. The zero-order valence-electron chi connectivity index (χ0n) is 50.9. The Labute approximate surface area is 475 Å². The number of carbonyl (C=O) groups excluding carboxylic acids is 2. The Bertz CT molecular complexity index is 1490. The first-order valence-electron chi connectivity index (χ1n) is 32.1. The zero-order valence-corrected chi connectivity index (χ0v) is 50.9. The monoisotopic (exact) mass is 1080 g/mol. The van der Waals surface area contributed by atoms with E-state index < -0.39 is 24.3 Å². The molecule has 0 saturated carbocycles. The molecular weight excluding hydrogens is 959 g/mol. The van der Waals surface area contributed by atoms with Crippen LogP contribution < -0.4 is 0 Å². The maximum Gasteiger partial charge on any atom is 0.361 e. The van der Waals surface area contributed by atoms with Crippen LogP contribution in [0.4, 0.5) is 0 Å². The molecule has 0 bridgehead atoms. The van der Waals surface area contributed by atoms with Crippen LogP contribution in [0.3, 0.4) is 0 Å². The number of carboxylic acids is 1. The number of unbranched alkanes of at least 4 members (excludes halogenated alkanes) is 32. The molecule has 0 saturated heterocycles. The fraction of sp³-hybridized carbons (Fsp3) is 0.779. The van der Waals surface area contributed by atoms with Crippen molar-refractivity contribution in [3.8, 4) is 0 Å². The van der Waals surface area contributed by atoms with Gasteiger partial charge in [0.1, 0.15) is 13.2 Å². The second kappa shape index (κ2) is 58.9. The molecule has 77 heavy (non-hydrogen) atoms. The molecule has 0 aliphatic heterocycles. The molecule has 0 radical (unpaired) electrons. The van der Waals surface area contributed by atoms with E-state index in [1.54, 1.807) is 0 Å². The highest BCUT2D eigenvalue weighted by atomic mass is 16.7. The van der Waals surface area contributed by atoms with Crippen LogP contribution >= 0.6 is 0 Å². The largest absolute Gasteiger partial charge is 0.477 e. The van der Waals surface area contributed by atoms with Crippen LogP contribution in [0.5, 0.6) is 0 Å². The number of ether oxygens (including phenoxy) is 4. The van der Waals surface area contributed by atoms with Gasteiger partial charge < -0.3 is 28.5 Å². The van der Waals surface area contributed by atoms with Crippen molar-refractivity contribution >= 4 is 17.9 Å². The van der Waals surface area contributed by atoms with Crippen LogP contribution in [0.25, 0.3) is 0 Å². The third-order valence-electron chi connectivity index (χ3n) is 13.9. The van der Waals surface area contributed by atoms with E-state index in [0.29, 0.717) is 11.0 Å². The summed E-state index contributed by atoms with van der Waals surface area (Å²) in [5, 5.41) is 9.70. The first kappa shape index (κ1) is 73.7. The van der Waals surface area contributed by atoms with Gasteiger partial charge in [0.15, 0.2) is 6.10 Å². The molecule has 0 aromatic heterocycles. The highest BCUT2D eigenvalue weighted by Crippen LogP contribution is 2.18. The quantitative estimate of drug-likeness (QED) is 0.0211. The number of hydrogen-bond donors (Lipinski definition) is 1. The van der Waals surface area contributed by atoms with Crippen molar-refractivity contribution in [1.29, 1.82) is 0 Å². The van der Waals surface area contributed by atoms with Crippen LogP contribution in [0.1, 0.15) is 284 Å². The first-order chi connectivity index (χ1) is 37.6. The molecule has 0 aromatic carbocycles. The lowest BCUT2D eigenvalue weighted by atomic mass is 10.0. The lowest BCUT2D eigenvalue weighted by Gasteiger charge is -2.25. The van der Waals surface area contributed by atoms with E-state index in [1.807, 2.05) is 21.1 Å². The Morgan fingerprint density at radius 2 is 0.740 bits per heavy atom. The van der Waals surface area contributed by atoms with Crippen LogP contribution in [-0.2, 0) is 33.3 Å². The molecule has 0 aliphatic rings. The molecule has 9 nitrogen and oxygen atoms in total. The molecule has 446 valence electrons. The molecule has 0 rings (SSSR count). The molecule has 0 amide bonds. The van der Waals surface area contributed by atoms with Crippen LogP contribution in [0.2, 0.25) is 0 Å². The van der Waals surface area contributed by atoms with E-state index in [0.717, 1.165) is 96.3 Å². The summed E-state index contributed by atoms with van der Waals surface area (Å²) in [5.74, 6) is -2.01. The highest BCUT2D eigenvalue weighted by Gasteiger charge is 2.25. The van der Waals surface area contributed by atoms with E-state index in [2.05, 4.69) is 86.8 Å². The van der Waals surface area contributed by atoms with Gasteiger partial charge in [0, 0.05) is 12.8 Å². The van der Waals surface area contributed by atoms with Crippen molar-refractivity contribution < 1.29 is 42.9 Å². The molecule has 0 spiro atoms. The predicted octanol–water partition coefficient (Wildman–Crippen LogP) is 19.4. The number of aliphatic carboxylic acids is 1. The third-order valence-corrected chi connectivity index (χ3v) is 13.9. The summed E-state index contributed by atoms with van der Waals surface area (Å²) >= 11 is 0. The van der Waals surface area contributed by atoms with Crippen LogP contribution in [0.15, 0.2) is 72.9 Å². The molecule has 0 heterocycles. The van der Waals surface area contributed by atoms with E-state index in [9.17, 15) is 19.5 Å². The Morgan fingerprint density at radius 1 is 0.403 bits per heavy atom. The van der Waals surface area contributed by atoms with Gasteiger partial charge in [-0.25, -0.2) is 4.79 Å². The second-order valence-electron chi connectivity index (χ2n) is 22.7. The topological polar surface area (TPSA) is 108 Å². The van der Waals surface area contributed by atoms with Crippen molar-refractivity contribution in [2.24, 2.45) is 0 Å². The van der Waals surface area contributed by atoms with Crippen LogP contribution in [-0.4, -0.2) is 87.4 Å². The van der Waals surface area contributed by atoms with Crippen molar-refractivity contribution in [2.45, 2.75) is 296 Å². The SMILES string of the molecule is CC/C=C\C/C=C\C/C=C\C/C=C\CCCCCCCCCCCCCCCCCCCCCCCCCCCCC(=O)OC(COC(=O)CCCCCCC/C=C\C/C=C\CCC)COC(OCC[N+](C)(C)C)C(=O)O. The van der Waals surface area contributed by atoms with Crippen molar-refractivity contribution in [1.82, 2.24) is 0 Å². The predicted molar refractivity (Wildman–Crippen MR) is 327 cm³/mol. The normalized spacial score (nSPS) is 13.2. The average molecular weight is 1080 g/mol. The number of carbonyl (C=O) groups is 3. The number of esters is 2. The number of carboxylic acid groups (broad SMARTS) is 1. The number of allylic oxidation sites excluding steroid dienone is 12. The maximum absolute atomic E-state index is 12.9. The molecule has 9 heteroatoms. The van der Waals surface area contributed by atoms with Gasteiger partial charge in [0.2, 0.25) is 0 Å². The van der Waals surface area contributed by atoms with E-state index in [-0.39, 0.29) is 38.6 Å². The van der Waals surface area contributed by atoms with Gasteiger partial charge in [-0.2, -0.15) is 0 Å². The van der Waals surface area contributed by atoms with E-state index in [4.69, 9.17) is 18.9 Å². The number of likely N-dealkylation sites (N-methyl/N-ethyl adjacent to an activating group) is 1. The average Bonchev–Trinajstić information content (AvgIpc) is 3.40. The first-order valence-corrected chi connectivity index (χ1v) is 32.1. The molecular formula is C68H122NO8+. The third kappa shape index (κ3) is 60.2. The number of quaternary nitrogens is 1. The van der Waals surface area contributed by atoms with Crippen molar-refractivity contribution in [3.63, 3.8) is 0 Å². The highest BCUT2D eigenvalue weighted by molar-refractivity contribution is 5.71. The number of hydrogen-bond acceptors (Lipinski definition) is 7. The van der Waals surface area contributed by atoms with Gasteiger partial charge in [-0.05, 0) is 77.0 Å². The summed E-state index contributed by atoms with van der Waals surface area (Å²) in [5.41, 5.74) is 0. The summed E-state index contributed by atoms with van der Waals surface area (Å²) in [6, 6.07) is 0. The van der Waals surface area contributed by atoms with Crippen molar-refractivity contribution in [2.75, 3.05) is 47.5 Å². The summed E-state index contributed by atoms with van der Waals surface area (Å²) in [6.07, 6.45) is 74.6. The Balaban J connectivity index is 3.94. The lowest BCUT2D eigenvalue weighted by Crippen LogP contribution is -2.40. The lowest BCUT2D eigenvalue weighted by molar-refractivity contribution is -0.870. The second-order valence-corrected chi connectivity index (χ2v) is 22.7. The molecule has 0 fully saturated rings. The van der Waals surface area contributed by atoms with E-state index >= 15 is 0 Å². The van der Waals surface area contributed by atoms with Gasteiger partial charge in [-0.15, -0.1) is 0 Å². The summed E-state index contributed by atoms with van der Waals surface area (Å²) in [7, 11) is 5.97. The summed E-state index contributed by atoms with van der Waals surface area (Å²) < 4.78 is 22.9. The van der Waals surface area contributed by atoms with Gasteiger partial charge in [0.25, 0.3) is 6.29 Å². The molecule has 1 N–H and O–H groups in total. The Hall–Kier alpha value is -3.27. The van der Waals surface area contributed by atoms with Crippen LogP contribution in [0, 0.1) is 0 Å². The minimum absolute atomic E-state index is 0.185. The molecule has 2 unspecified atom stereocenters. The summed E-state index contributed by atoms with van der Waals surface area (Å²) in [4.78, 5) is 37.4. The minimum Gasteiger partial charge on any atom is -0.477 e. The van der Waals surface area contributed by atoms with Gasteiger partial charge in [-0.1, -0.05) is 267 Å². The Morgan fingerprint density at radius 3 is 1.10 bits per heavy atom. The maximum atomic E-state index is 12.9. The molecule has 0 aliphatic carbocycles. The number of nitrogens with zero attached hydrogens (tertiary/aromatic N) is 1. The van der Waals surface area contributed by atoms with Gasteiger partial charge in [0.05, 0.1) is 34.4 Å².